The number of nitrogens with zero attached hydrogens (tertiary/aromatic N) is 1. The summed E-state index contributed by atoms with van der Waals surface area (Å²) in [6.45, 7) is 1.51. The fourth-order valence-electron chi connectivity index (χ4n) is 2.18. The van der Waals surface area contributed by atoms with E-state index in [4.69, 9.17) is 14.3 Å². The molecule has 0 aliphatic rings. The van der Waals surface area contributed by atoms with Crippen LogP contribution in [0.3, 0.4) is 0 Å². The molecule has 0 radical (unpaired) electrons. The number of sulfonamides is 1. The summed E-state index contributed by atoms with van der Waals surface area (Å²) in [6, 6.07) is 11.2. The Kier molecular flexibility index (Phi) is 4.08. The number of ether oxygens (including phenoxy) is 1. The van der Waals surface area contributed by atoms with E-state index in [2.05, 4.69) is 4.98 Å². The van der Waals surface area contributed by atoms with Gasteiger partial charge in [0.25, 0.3) is 0 Å². The fourth-order valence-corrected chi connectivity index (χ4v) is 2.72. The SMILES string of the molecule is Cc1ccc(S(N)(=O)=O)cc1C(=O)OCc1nc2ccccc2o1. The van der Waals surface area contributed by atoms with Crippen molar-refractivity contribution in [3.8, 4) is 0 Å². The minimum atomic E-state index is -3.90. The topological polar surface area (TPSA) is 112 Å². The lowest BCUT2D eigenvalue weighted by atomic mass is 10.1. The van der Waals surface area contributed by atoms with Gasteiger partial charge in [-0.15, -0.1) is 0 Å². The van der Waals surface area contributed by atoms with Crippen LogP contribution in [0.5, 0.6) is 0 Å². The summed E-state index contributed by atoms with van der Waals surface area (Å²) in [5, 5.41) is 5.08. The van der Waals surface area contributed by atoms with Crippen LogP contribution < -0.4 is 5.14 Å². The number of hydrogen-bond donors (Lipinski definition) is 1. The van der Waals surface area contributed by atoms with Gasteiger partial charge in [-0.05, 0) is 36.8 Å². The highest BCUT2D eigenvalue weighted by molar-refractivity contribution is 7.89. The van der Waals surface area contributed by atoms with Crippen molar-refractivity contribution in [3.63, 3.8) is 0 Å². The van der Waals surface area contributed by atoms with E-state index in [1.807, 2.05) is 12.1 Å². The molecule has 0 aliphatic heterocycles. The third kappa shape index (κ3) is 3.29. The summed E-state index contributed by atoms with van der Waals surface area (Å²) < 4.78 is 33.4. The number of para-hydroxylation sites is 2. The molecule has 2 aromatic carbocycles. The number of hydrogen-bond acceptors (Lipinski definition) is 6. The molecule has 0 saturated heterocycles. The molecule has 0 bridgehead atoms. The van der Waals surface area contributed by atoms with E-state index in [0.717, 1.165) is 0 Å². The highest BCUT2D eigenvalue weighted by Gasteiger charge is 2.17. The molecule has 0 amide bonds. The molecule has 1 aromatic heterocycles. The predicted octanol–water partition coefficient (Wildman–Crippen LogP) is 2.14. The molecule has 3 aromatic rings. The van der Waals surface area contributed by atoms with Crippen molar-refractivity contribution >= 4 is 27.1 Å². The zero-order valence-electron chi connectivity index (χ0n) is 12.7. The van der Waals surface area contributed by atoms with Gasteiger partial charge in [-0.3, -0.25) is 0 Å². The minimum Gasteiger partial charge on any atom is -0.452 e. The lowest BCUT2D eigenvalue weighted by Gasteiger charge is -2.07. The number of aromatic nitrogens is 1. The molecule has 2 N–H and O–H groups in total. The van der Waals surface area contributed by atoms with Crippen LogP contribution in [-0.2, 0) is 21.4 Å². The Bertz CT molecular complexity index is 991. The van der Waals surface area contributed by atoms with E-state index < -0.39 is 16.0 Å². The molecule has 0 saturated carbocycles. The standard InChI is InChI=1S/C16H14N2O5S/c1-10-6-7-11(24(17,20)21)8-12(10)16(19)22-9-15-18-13-4-2-3-5-14(13)23-15/h2-8H,9H2,1H3,(H2,17,20,21). The smallest absolute Gasteiger partial charge is 0.338 e. The monoisotopic (exact) mass is 346 g/mol. The van der Waals surface area contributed by atoms with E-state index in [-0.39, 0.29) is 23.0 Å². The first-order valence-corrected chi connectivity index (χ1v) is 8.54. The first-order valence-electron chi connectivity index (χ1n) is 6.99. The summed E-state index contributed by atoms with van der Waals surface area (Å²) in [5.41, 5.74) is 1.95. The lowest BCUT2D eigenvalue weighted by molar-refractivity contribution is 0.0439. The Morgan fingerprint density at radius 2 is 2.00 bits per heavy atom. The number of esters is 1. The molecule has 8 heteroatoms. The van der Waals surface area contributed by atoms with Crippen LogP contribution >= 0.6 is 0 Å². The normalized spacial score (nSPS) is 11.6. The van der Waals surface area contributed by atoms with Crippen molar-refractivity contribution in [1.82, 2.24) is 4.98 Å². The molecule has 7 nitrogen and oxygen atoms in total. The van der Waals surface area contributed by atoms with E-state index in [1.54, 1.807) is 19.1 Å². The van der Waals surface area contributed by atoms with Gasteiger partial charge in [0, 0.05) is 0 Å². The van der Waals surface area contributed by atoms with Crippen molar-refractivity contribution in [1.29, 1.82) is 0 Å². The second-order valence-electron chi connectivity index (χ2n) is 5.17. The maximum atomic E-state index is 12.2. The lowest BCUT2D eigenvalue weighted by Crippen LogP contribution is -2.14. The van der Waals surface area contributed by atoms with Gasteiger partial charge in [0.2, 0.25) is 15.9 Å². The van der Waals surface area contributed by atoms with E-state index in [0.29, 0.717) is 16.7 Å². The molecule has 124 valence electrons. The predicted molar refractivity (Wildman–Crippen MR) is 85.7 cm³/mol. The number of carbonyl (C=O) groups excluding carboxylic acids is 1. The average molecular weight is 346 g/mol. The Morgan fingerprint density at radius 3 is 2.71 bits per heavy atom. The zero-order valence-corrected chi connectivity index (χ0v) is 13.5. The molecule has 0 spiro atoms. The molecule has 0 unspecified atom stereocenters. The number of aryl methyl sites for hydroxylation is 1. The van der Waals surface area contributed by atoms with Crippen molar-refractivity contribution in [3.05, 3.63) is 59.5 Å². The highest BCUT2D eigenvalue weighted by Crippen LogP contribution is 2.18. The van der Waals surface area contributed by atoms with Gasteiger partial charge in [-0.1, -0.05) is 18.2 Å². The number of primary sulfonamides is 1. The second kappa shape index (κ2) is 6.06. The minimum absolute atomic E-state index is 0.123. The maximum Gasteiger partial charge on any atom is 0.338 e. The first-order chi connectivity index (χ1) is 11.3. The van der Waals surface area contributed by atoms with Crippen molar-refractivity contribution in [2.24, 2.45) is 5.14 Å². The van der Waals surface area contributed by atoms with Crippen LogP contribution in [0.1, 0.15) is 21.8 Å². The number of fused-ring (bicyclic) bond motifs is 1. The van der Waals surface area contributed by atoms with E-state index in [9.17, 15) is 13.2 Å². The summed E-state index contributed by atoms with van der Waals surface area (Å²) in [6.07, 6.45) is 0. The molecule has 24 heavy (non-hydrogen) atoms. The molecular formula is C16H14N2O5S. The Morgan fingerprint density at radius 1 is 1.25 bits per heavy atom. The summed E-state index contributed by atoms with van der Waals surface area (Å²) in [5.74, 6) is -0.426. The molecule has 1 heterocycles. The maximum absolute atomic E-state index is 12.2. The highest BCUT2D eigenvalue weighted by atomic mass is 32.2. The van der Waals surface area contributed by atoms with Crippen LogP contribution in [0.25, 0.3) is 11.1 Å². The summed E-state index contributed by atoms with van der Waals surface area (Å²) in [4.78, 5) is 16.3. The van der Waals surface area contributed by atoms with Gasteiger partial charge in [0.1, 0.15) is 5.52 Å². The van der Waals surface area contributed by atoms with Gasteiger partial charge >= 0.3 is 5.97 Å². The summed E-state index contributed by atoms with van der Waals surface area (Å²) >= 11 is 0. The molecule has 0 atom stereocenters. The largest absolute Gasteiger partial charge is 0.452 e. The summed E-state index contributed by atoms with van der Waals surface area (Å²) in [7, 11) is -3.90. The number of nitrogens with two attached hydrogens (primary N) is 1. The first kappa shape index (κ1) is 16.2. The van der Waals surface area contributed by atoms with Crippen LogP contribution in [0.15, 0.2) is 51.8 Å². The average Bonchev–Trinajstić information content (AvgIpc) is 2.94. The van der Waals surface area contributed by atoms with Crippen molar-refractivity contribution in [2.75, 3.05) is 0 Å². The number of rotatable bonds is 4. The second-order valence-corrected chi connectivity index (χ2v) is 6.73. The Hall–Kier alpha value is -2.71. The van der Waals surface area contributed by atoms with Crippen LogP contribution in [-0.4, -0.2) is 19.4 Å². The number of benzene rings is 2. The third-order valence-electron chi connectivity index (χ3n) is 3.42. The molecular weight excluding hydrogens is 332 g/mol. The number of carbonyl (C=O) groups is 1. The number of oxazole rings is 1. The Labute approximate surface area is 138 Å². The van der Waals surface area contributed by atoms with Gasteiger partial charge in [0.05, 0.1) is 10.5 Å². The zero-order chi connectivity index (χ0) is 17.3. The fraction of sp³-hybridized carbons (Fsp3) is 0.125. The van der Waals surface area contributed by atoms with Crippen molar-refractivity contribution < 1.29 is 22.4 Å². The quantitative estimate of drug-likeness (QED) is 0.724. The van der Waals surface area contributed by atoms with Crippen LogP contribution in [0.4, 0.5) is 0 Å². The molecule has 0 aliphatic carbocycles. The molecule has 0 fully saturated rings. The third-order valence-corrected chi connectivity index (χ3v) is 4.33. The molecule has 3 rings (SSSR count). The van der Waals surface area contributed by atoms with Gasteiger partial charge in [-0.25, -0.2) is 23.3 Å². The van der Waals surface area contributed by atoms with Gasteiger partial charge < -0.3 is 9.15 Å². The van der Waals surface area contributed by atoms with Gasteiger partial charge in [-0.2, -0.15) is 0 Å². The Balaban J connectivity index is 1.79. The van der Waals surface area contributed by atoms with Gasteiger partial charge in [0.15, 0.2) is 12.2 Å². The van der Waals surface area contributed by atoms with E-state index in [1.165, 1.54) is 18.2 Å². The van der Waals surface area contributed by atoms with E-state index >= 15 is 0 Å². The van der Waals surface area contributed by atoms with Crippen LogP contribution in [0.2, 0.25) is 0 Å². The van der Waals surface area contributed by atoms with Crippen LogP contribution in [0, 0.1) is 6.92 Å². The van der Waals surface area contributed by atoms with Crippen molar-refractivity contribution in [2.45, 2.75) is 18.4 Å².